The molecule has 0 unspecified atom stereocenters. The van der Waals surface area contributed by atoms with Crippen molar-refractivity contribution in [3.63, 3.8) is 0 Å². The van der Waals surface area contributed by atoms with Crippen molar-refractivity contribution in [2.75, 3.05) is 0 Å². The van der Waals surface area contributed by atoms with E-state index in [9.17, 15) is 4.79 Å². The highest BCUT2D eigenvalue weighted by Gasteiger charge is 2.29. The fourth-order valence-electron chi connectivity index (χ4n) is 2.69. The van der Waals surface area contributed by atoms with Crippen molar-refractivity contribution >= 4 is 5.78 Å². The predicted molar refractivity (Wildman–Crippen MR) is 44.3 cm³/mol. The zero-order valence-electron chi connectivity index (χ0n) is 7.01. The van der Waals surface area contributed by atoms with Gasteiger partial charge in [0.15, 0.2) is 0 Å². The Morgan fingerprint density at radius 1 is 0.909 bits per heavy atom. The SMILES string of the molecule is O=C1CC[C@H]2CCC[C@H]2CC1. The molecule has 0 saturated heterocycles. The van der Waals surface area contributed by atoms with Crippen LogP contribution in [0.4, 0.5) is 0 Å². The summed E-state index contributed by atoms with van der Waals surface area (Å²) < 4.78 is 0. The van der Waals surface area contributed by atoms with Crippen LogP contribution in [0.1, 0.15) is 44.9 Å². The molecule has 0 aromatic heterocycles. The fourth-order valence-corrected chi connectivity index (χ4v) is 2.69. The highest BCUT2D eigenvalue weighted by atomic mass is 16.1. The monoisotopic (exact) mass is 152 g/mol. The van der Waals surface area contributed by atoms with E-state index in [2.05, 4.69) is 0 Å². The van der Waals surface area contributed by atoms with Crippen LogP contribution in [0, 0.1) is 11.8 Å². The number of hydrogen-bond donors (Lipinski definition) is 0. The first kappa shape index (κ1) is 7.33. The first-order valence-electron chi connectivity index (χ1n) is 4.88. The molecule has 0 heterocycles. The Balaban J connectivity index is 2.00. The van der Waals surface area contributed by atoms with Gasteiger partial charge in [0.25, 0.3) is 0 Å². The Morgan fingerprint density at radius 3 is 2.00 bits per heavy atom. The Bertz CT molecular complexity index is 146. The quantitative estimate of drug-likeness (QED) is 0.521. The largest absolute Gasteiger partial charge is 0.300 e. The van der Waals surface area contributed by atoms with Gasteiger partial charge in [-0.15, -0.1) is 0 Å². The Kier molecular flexibility index (Phi) is 1.97. The van der Waals surface area contributed by atoms with Gasteiger partial charge < -0.3 is 0 Å². The van der Waals surface area contributed by atoms with Crippen LogP contribution in [0.2, 0.25) is 0 Å². The van der Waals surface area contributed by atoms with E-state index >= 15 is 0 Å². The van der Waals surface area contributed by atoms with Crippen molar-refractivity contribution in [2.24, 2.45) is 11.8 Å². The zero-order valence-corrected chi connectivity index (χ0v) is 7.01. The molecule has 0 aromatic carbocycles. The first-order chi connectivity index (χ1) is 5.36. The van der Waals surface area contributed by atoms with Crippen molar-refractivity contribution in [1.29, 1.82) is 0 Å². The molecule has 2 rings (SSSR count). The van der Waals surface area contributed by atoms with E-state index in [0.29, 0.717) is 5.78 Å². The van der Waals surface area contributed by atoms with Crippen LogP contribution in [-0.2, 0) is 4.79 Å². The summed E-state index contributed by atoms with van der Waals surface area (Å²) in [5.41, 5.74) is 0. The molecular weight excluding hydrogens is 136 g/mol. The van der Waals surface area contributed by atoms with Crippen LogP contribution in [0.15, 0.2) is 0 Å². The van der Waals surface area contributed by atoms with Gasteiger partial charge in [0.05, 0.1) is 0 Å². The molecule has 2 atom stereocenters. The molecular formula is C10H16O. The van der Waals surface area contributed by atoms with E-state index in [1.165, 1.54) is 32.1 Å². The van der Waals surface area contributed by atoms with E-state index in [1.807, 2.05) is 0 Å². The number of fused-ring (bicyclic) bond motifs is 1. The molecule has 0 spiro atoms. The van der Waals surface area contributed by atoms with Gasteiger partial charge in [-0.3, -0.25) is 4.79 Å². The number of carbonyl (C=O) groups is 1. The third-order valence-corrected chi connectivity index (χ3v) is 3.40. The molecule has 1 nitrogen and oxygen atoms in total. The average Bonchev–Trinajstić information content (AvgIpc) is 2.38. The summed E-state index contributed by atoms with van der Waals surface area (Å²) >= 11 is 0. The maximum Gasteiger partial charge on any atom is 0.132 e. The number of ketones is 1. The van der Waals surface area contributed by atoms with Crippen LogP contribution >= 0.6 is 0 Å². The predicted octanol–water partition coefficient (Wildman–Crippen LogP) is 2.55. The van der Waals surface area contributed by atoms with E-state index in [-0.39, 0.29) is 0 Å². The van der Waals surface area contributed by atoms with Crippen molar-refractivity contribution in [1.82, 2.24) is 0 Å². The summed E-state index contributed by atoms with van der Waals surface area (Å²) in [6, 6.07) is 0. The lowest BCUT2D eigenvalue weighted by molar-refractivity contribution is -0.119. The summed E-state index contributed by atoms with van der Waals surface area (Å²) in [5.74, 6) is 2.35. The van der Waals surface area contributed by atoms with E-state index in [1.54, 1.807) is 0 Å². The third kappa shape index (κ3) is 1.47. The molecule has 62 valence electrons. The number of Topliss-reactive ketones (excluding diaryl/α,β-unsaturated/α-hetero) is 1. The summed E-state index contributed by atoms with van der Waals surface area (Å²) in [4.78, 5) is 11.1. The molecule has 1 heteroatoms. The second-order valence-corrected chi connectivity index (χ2v) is 4.07. The lowest BCUT2D eigenvalue weighted by Crippen LogP contribution is -2.04. The van der Waals surface area contributed by atoms with Gasteiger partial charge >= 0.3 is 0 Å². The van der Waals surface area contributed by atoms with Crippen LogP contribution < -0.4 is 0 Å². The first-order valence-corrected chi connectivity index (χ1v) is 4.88. The average molecular weight is 152 g/mol. The fraction of sp³-hybridized carbons (Fsp3) is 0.900. The van der Waals surface area contributed by atoms with E-state index in [0.717, 1.165) is 24.7 Å². The Morgan fingerprint density at radius 2 is 1.45 bits per heavy atom. The molecule has 0 bridgehead atoms. The highest BCUT2D eigenvalue weighted by molar-refractivity contribution is 5.78. The van der Waals surface area contributed by atoms with Crippen LogP contribution in [-0.4, -0.2) is 5.78 Å². The molecule has 0 radical (unpaired) electrons. The van der Waals surface area contributed by atoms with E-state index < -0.39 is 0 Å². The second kappa shape index (κ2) is 2.96. The topological polar surface area (TPSA) is 17.1 Å². The minimum atomic E-state index is 0.513. The number of hydrogen-bond acceptors (Lipinski definition) is 1. The molecule has 0 amide bonds. The molecule has 2 fully saturated rings. The third-order valence-electron chi connectivity index (χ3n) is 3.40. The van der Waals surface area contributed by atoms with E-state index in [4.69, 9.17) is 0 Å². The molecule has 0 aliphatic heterocycles. The van der Waals surface area contributed by atoms with Gasteiger partial charge in [0.2, 0.25) is 0 Å². The summed E-state index contributed by atoms with van der Waals surface area (Å²) in [6.07, 6.45) is 8.37. The standard InChI is InChI=1S/C10H16O/c11-10-6-4-8-2-1-3-9(8)5-7-10/h8-9H,1-7H2/t8-,9+. The van der Waals surface area contributed by atoms with Crippen LogP contribution in [0.5, 0.6) is 0 Å². The number of rotatable bonds is 0. The minimum Gasteiger partial charge on any atom is -0.300 e. The maximum atomic E-state index is 11.1. The Hall–Kier alpha value is -0.330. The highest BCUT2D eigenvalue weighted by Crippen LogP contribution is 2.39. The van der Waals surface area contributed by atoms with Gasteiger partial charge in [-0.1, -0.05) is 19.3 Å². The summed E-state index contributed by atoms with van der Waals surface area (Å²) in [5, 5.41) is 0. The molecule has 0 N–H and O–H groups in total. The minimum absolute atomic E-state index is 0.513. The Labute approximate surface area is 68.2 Å². The van der Waals surface area contributed by atoms with Crippen LogP contribution in [0.25, 0.3) is 0 Å². The summed E-state index contributed by atoms with van der Waals surface area (Å²) in [6.45, 7) is 0. The van der Waals surface area contributed by atoms with Crippen molar-refractivity contribution in [2.45, 2.75) is 44.9 Å². The molecule has 0 aromatic rings. The number of carbonyl (C=O) groups excluding carboxylic acids is 1. The van der Waals surface area contributed by atoms with Gasteiger partial charge in [-0.05, 0) is 24.7 Å². The molecule has 11 heavy (non-hydrogen) atoms. The van der Waals surface area contributed by atoms with Gasteiger partial charge in [-0.25, -0.2) is 0 Å². The van der Waals surface area contributed by atoms with Crippen molar-refractivity contribution in [3.05, 3.63) is 0 Å². The van der Waals surface area contributed by atoms with Gasteiger partial charge in [0, 0.05) is 12.8 Å². The lowest BCUT2D eigenvalue weighted by Gasteiger charge is -2.13. The van der Waals surface area contributed by atoms with Crippen molar-refractivity contribution < 1.29 is 4.79 Å². The molecule has 2 aliphatic rings. The normalized spacial score (nSPS) is 38.4. The van der Waals surface area contributed by atoms with Gasteiger partial charge in [-0.2, -0.15) is 0 Å². The van der Waals surface area contributed by atoms with Crippen molar-refractivity contribution in [3.8, 4) is 0 Å². The molecule has 2 saturated carbocycles. The second-order valence-electron chi connectivity index (χ2n) is 4.07. The maximum absolute atomic E-state index is 11.1. The van der Waals surface area contributed by atoms with Crippen LogP contribution in [0.3, 0.4) is 0 Å². The smallest absolute Gasteiger partial charge is 0.132 e. The van der Waals surface area contributed by atoms with Gasteiger partial charge in [0.1, 0.15) is 5.78 Å². The summed E-state index contributed by atoms with van der Waals surface area (Å²) in [7, 11) is 0. The zero-order chi connectivity index (χ0) is 7.68. The molecule has 2 aliphatic carbocycles. The lowest BCUT2D eigenvalue weighted by atomic mass is 9.92.